The van der Waals surface area contributed by atoms with E-state index in [0.717, 1.165) is 30.4 Å². The number of hydrogen-bond donors (Lipinski definition) is 1. The fourth-order valence-electron chi connectivity index (χ4n) is 2.85. The fraction of sp³-hybridized carbons (Fsp3) is 0.375. The van der Waals surface area contributed by atoms with E-state index in [2.05, 4.69) is 4.90 Å². The zero-order valence-electron chi connectivity index (χ0n) is 12.5. The third-order valence-corrected chi connectivity index (χ3v) is 6.03. The van der Waals surface area contributed by atoms with E-state index in [0.29, 0.717) is 24.5 Å². The Bertz CT molecular complexity index is 753. The first-order valence-electron chi connectivity index (χ1n) is 7.52. The maximum atomic E-state index is 12.8. The lowest BCUT2D eigenvalue weighted by Crippen LogP contribution is -2.49. The summed E-state index contributed by atoms with van der Waals surface area (Å²) < 4.78 is 27.1. The Kier molecular flexibility index (Phi) is 4.44. The van der Waals surface area contributed by atoms with E-state index in [1.54, 1.807) is 16.4 Å². The van der Waals surface area contributed by atoms with Gasteiger partial charge in [0, 0.05) is 39.3 Å². The lowest BCUT2D eigenvalue weighted by molar-refractivity contribution is 0.192. The summed E-state index contributed by atoms with van der Waals surface area (Å²) in [7, 11) is -3.42. The van der Waals surface area contributed by atoms with Crippen LogP contribution in [-0.2, 0) is 10.0 Å². The molecule has 2 aromatic rings. The maximum Gasteiger partial charge on any atom is 0.243 e. The second-order valence-corrected chi connectivity index (χ2v) is 7.48. The van der Waals surface area contributed by atoms with E-state index < -0.39 is 10.0 Å². The monoisotopic (exact) mass is 319 g/mol. The molecule has 0 amide bonds. The van der Waals surface area contributed by atoms with Crippen LogP contribution in [0.25, 0.3) is 10.8 Å². The summed E-state index contributed by atoms with van der Waals surface area (Å²) >= 11 is 0. The molecule has 0 unspecified atom stereocenters. The first-order chi connectivity index (χ1) is 10.6. The van der Waals surface area contributed by atoms with Crippen molar-refractivity contribution in [2.24, 2.45) is 5.73 Å². The van der Waals surface area contributed by atoms with Crippen molar-refractivity contribution < 1.29 is 8.42 Å². The highest BCUT2D eigenvalue weighted by Gasteiger charge is 2.28. The van der Waals surface area contributed by atoms with Gasteiger partial charge in [0.05, 0.1) is 4.90 Å². The molecule has 118 valence electrons. The number of fused-ring (bicyclic) bond motifs is 1. The first-order valence-corrected chi connectivity index (χ1v) is 8.96. The number of benzene rings is 2. The predicted molar refractivity (Wildman–Crippen MR) is 88.2 cm³/mol. The minimum atomic E-state index is -3.42. The van der Waals surface area contributed by atoms with E-state index in [1.807, 2.05) is 30.3 Å². The van der Waals surface area contributed by atoms with E-state index >= 15 is 0 Å². The Hall–Kier alpha value is -1.47. The molecule has 1 aliphatic rings. The van der Waals surface area contributed by atoms with Crippen LogP contribution in [0.5, 0.6) is 0 Å². The van der Waals surface area contributed by atoms with Crippen LogP contribution in [0.3, 0.4) is 0 Å². The molecule has 0 saturated carbocycles. The molecule has 0 aromatic heterocycles. The highest BCUT2D eigenvalue weighted by Crippen LogP contribution is 2.22. The molecule has 0 radical (unpaired) electrons. The molecule has 1 heterocycles. The average Bonchev–Trinajstić information content (AvgIpc) is 2.55. The number of piperazine rings is 1. The van der Waals surface area contributed by atoms with Crippen molar-refractivity contribution in [1.29, 1.82) is 0 Å². The Labute approximate surface area is 131 Å². The van der Waals surface area contributed by atoms with E-state index in [4.69, 9.17) is 5.73 Å². The van der Waals surface area contributed by atoms with Crippen LogP contribution in [0.15, 0.2) is 47.4 Å². The fourth-order valence-corrected chi connectivity index (χ4v) is 4.31. The van der Waals surface area contributed by atoms with Crippen LogP contribution in [0, 0.1) is 0 Å². The standard InChI is InChI=1S/C16H21N3O2S/c17-7-8-18-9-11-19(12-10-18)22(20,21)16-6-5-14-3-1-2-4-15(14)13-16/h1-6,13H,7-12,17H2. The van der Waals surface area contributed by atoms with Gasteiger partial charge in [-0.2, -0.15) is 4.31 Å². The zero-order chi connectivity index (χ0) is 15.6. The Balaban J connectivity index is 1.82. The van der Waals surface area contributed by atoms with Gasteiger partial charge in [-0.05, 0) is 22.9 Å². The molecule has 2 N–H and O–H groups in total. The summed E-state index contributed by atoms with van der Waals surface area (Å²) in [6.45, 7) is 3.96. The van der Waals surface area contributed by atoms with Gasteiger partial charge >= 0.3 is 0 Å². The number of sulfonamides is 1. The number of hydrogen-bond acceptors (Lipinski definition) is 4. The quantitative estimate of drug-likeness (QED) is 0.916. The van der Waals surface area contributed by atoms with E-state index in [9.17, 15) is 8.42 Å². The van der Waals surface area contributed by atoms with Crippen LogP contribution < -0.4 is 5.73 Å². The number of rotatable bonds is 4. The molecule has 1 saturated heterocycles. The Morgan fingerprint density at radius 3 is 2.32 bits per heavy atom. The van der Waals surface area contributed by atoms with Crippen molar-refractivity contribution in [3.63, 3.8) is 0 Å². The topological polar surface area (TPSA) is 66.6 Å². The van der Waals surface area contributed by atoms with Crippen LogP contribution in [0.4, 0.5) is 0 Å². The third-order valence-electron chi connectivity index (χ3n) is 4.14. The van der Waals surface area contributed by atoms with Gasteiger partial charge in [-0.3, -0.25) is 4.90 Å². The molecule has 0 bridgehead atoms. The van der Waals surface area contributed by atoms with Crippen molar-refractivity contribution in [2.45, 2.75) is 4.90 Å². The van der Waals surface area contributed by atoms with Gasteiger partial charge in [-0.1, -0.05) is 30.3 Å². The molecule has 1 fully saturated rings. The summed E-state index contributed by atoms with van der Waals surface area (Å²) in [5.41, 5.74) is 5.55. The molecular weight excluding hydrogens is 298 g/mol. The van der Waals surface area contributed by atoms with Crippen LogP contribution in [0.1, 0.15) is 0 Å². The van der Waals surface area contributed by atoms with Crippen molar-refractivity contribution >= 4 is 20.8 Å². The largest absolute Gasteiger partial charge is 0.329 e. The van der Waals surface area contributed by atoms with Gasteiger partial charge in [0.15, 0.2) is 0 Å². The van der Waals surface area contributed by atoms with Crippen molar-refractivity contribution in [2.75, 3.05) is 39.3 Å². The molecular formula is C16H21N3O2S. The van der Waals surface area contributed by atoms with Gasteiger partial charge in [0.1, 0.15) is 0 Å². The molecule has 0 aliphatic carbocycles. The zero-order valence-corrected chi connectivity index (χ0v) is 13.3. The Morgan fingerprint density at radius 2 is 1.64 bits per heavy atom. The smallest absolute Gasteiger partial charge is 0.243 e. The van der Waals surface area contributed by atoms with Crippen molar-refractivity contribution in [3.8, 4) is 0 Å². The van der Waals surface area contributed by atoms with E-state index in [-0.39, 0.29) is 0 Å². The van der Waals surface area contributed by atoms with Crippen LogP contribution in [-0.4, -0.2) is 56.9 Å². The third kappa shape index (κ3) is 3.01. The van der Waals surface area contributed by atoms with Crippen molar-refractivity contribution in [3.05, 3.63) is 42.5 Å². The molecule has 0 spiro atoms. The lowest BCUT2D eigenvalue weighted by Gasteiger charge is -2.33. The normalized spacial score (nSPS) is 17.9. The molecule has 0 atom stereocenters. The van der Waals surface area contributed by atoms with Gasteiger partial charge in [0.25, 0.3) is 0 Å². The first kappa shape index (κ1) is 15.4. The molecule has 2 aromatic carbocycles. The number of nitrogens with two attached hydrogens (primary N) is 1. The molecule has 5 nitrogen and oxygen atoms in total. The summed E-state index contributed by atoms with van der Waals surface area (Å²) in [5, 5.41) is 2.00. The van der Waals surface area contributed by atoms with Crippen molar-refractivity contribution in [1.82, 2.24) is 9.21 Å². The summed E-state index contributed by atoms with van der Waals surface area (Å²) in [5.74, 6) is 0. The van der Waals surface area contributed by atoms with Gasteiger partial charge < -0.3 is 5.73 Å². The Morgan fingerprint density at radius 1 is 0.955 bits per heavy atom. The number of nitrogens with zero attached hydrogens (tertiary/aromatic N) is 2. The van der Waals surface area contributed by atoms with Crippen LogP contribution in [0.2, 0.25) is 0 Å². The second kappa shape index (κ2) is 6.34. The second-order valence-electron chi connectivity index (χ2n) is 5.54. The van der Waals surface area contributed by atoms with Crippen LogP contribution >= 0.6 is 0 Å². The highest BCUT2D eigenvalue weighted by molar-refractivity contribution is 7.89. The summed E-state index contributed by atoms with van der Waals surface area (Å²) in [6.07, 6.45) is 0. The predicted octanol–water partition coefficient (Wildman–Crippen LogP) is 1.10. The van der Waals surface area contributed by atoms with Gasteiger partial charge in [0.2, 0.25) is 10.0 Å². The molecule has 6 heteroatoms. The minimum Gasteiger partial charge on any atom is -0.329 e. The minimum absolute atomic E-state index is 0.374. The van der Waals surface area contributed by atoms with Gasteiger partial charge in [-0.15, -0.1) is 0 Å². The van der Waals surface area contributed by atoms with E-state index in [1.165, 1.54) is 0 Å². The summed E-state index contributed by atoms with van der Waals surface area (Å²) in [6, 6.07) is 13.1. The van der Waals surface area contributed by atoms with Gasteiger partial charge in [-0.25, -0.2) is 8.42 Å². The summed E-state index contributed by atoms with van der Waals surface area (Å²) in [4.78, 5) is 2.57. The molecule has 1 aliphatic heterocycles. The molecule has 3 rings (SSSR count). The highest BCUT2D eigenvalue weighted by atomic mass is 32.2. The lowest BCUT2D eigenvalue weighted by atomic mass is 10.1. The SMILES string of the molecule is NCCN1CCN(S(=O)(=O)c2ccc3ccccc3c2)CC1. The molecule has 22 heavy (non-hydrogen) atoms. The average molecular weight is 319 g/mol. The maximum absolute atomic E-state index is 12.8.